The van der Waals surface area contributed by atoms with Crippen molar-refractivity contribution < 1.29 is 36.6 Å². The standard InChI is InChI=1S/C15H16F4O4/c1-2-3-6-22-11(20)4-5-12(21)23-8-9-7-10(16)14(18)15(19)13(9)17/h7H,2-6,8H2,1H3. The molecule has 0 atom stereocenters. The molecule has 0 saturated carbocycles. The normalized spacial score (nSPS) is 10.5. The zero-order valence-electron chi connectivity index (χ0n) is 12.5. The number of rotatable bonds is 8. The predicted octanol–water partition coefficient (Wildman–Crippen LogP) is 3.41. The van der Waals surface area contributed by atoms with Crippen LogP contribution in [0.15, 0.2) is 6.07 Å². The van der Waals surface area contributed by atoms with Gasteiger partial charge in [0.15, 0.2) is 23.3 Å². The van der Waals surface area contributed by atoms with Gasteiger partial charge in [-0.2, -0.15) is 0 Å². The molecule has 1 rings (SSSR count). The summed E-state index contributed by atoms with van der Waals surface area (Å²) < 4.78 is 61.4. The number of ether oxygens (including phenoxy) is 2. The fourth-order valence-electron chi connectivity index (χ4n) is 1.56. The SMILES string of the molecule is CCCCOC(=O)CCC(=O)OCc1cc(F)c(F)c(F)c1F. The molecule has 0 N–H and O–H groups in total. The average Bonchev–Trinajstić information content (AvgIpc) is 2.53. The van der Waals surface area contributed by atoms with Gasteiger partial charge in [0, 0.05) is 5.56 Å². The van der Waals surface area contributed by atoms with E-state index in [9.17, 15) is 27.2 Å². The Balaban J connectivity index is 2.44. The summed E-state index contributed by atoms with van der Waals surface area (Å²) in [6.07, 6.45) is 1.01. The monoisotopic (exact) mass is 336 g/mol. The molecule has 4 nitrogen and oxygen atoms in total. The molecule has 0 radical (unpaired) electrons. The Labute approximate surface area is 130 Å². The fourth-order valence-corrected chi connectivity index (χ4v) is 1.56. The van der Waals surface area contributed by atoms with E-state index in [0.717, 1.165) is 6.42 Å². The second kappa shape index (κ2) is 9.12. The summed E-state index contributed by atoms with van der Waals surface area (Å²) >= 11 is 0. The fraction of sp³-hybridized carbons (Fsp3) is 0.467. The number of carbonyl (C=O) groups is 2. The van der Waals surface area contributed by atoms with Crippen LogP contribution in [0.4, 0.5) is 17.6 Å². The van der Waals surface area contributed by atoms with E-state index in [4.69, 9.17) is 4.74 Å². The van der Waals surface area contributed by atoms with Crippen LogP contribution < -0.4 is 0 Å². The zero-order chi connectivity index (χ0) is 17.4. The van der Waals surface area contributed by atoms with Crippen LogP contribution in [0.5, 0.6) is 0 Å². The van der Waals surface area contributed by atoms with Crippen molar-refractivity contribution in [2.45, 2.75) is 39.2 Å². The van der Waals surface area contributed by atoms with Crippen LogP contribution in [0.2, 0.25) is 0 Å². The maximum Gasteiger partial charge on any atom is 0.306 e. The minimum atomic E-state index is -1.98. The van der Waals surface area contributed by atoms with Crippen LogP contribution in [0.1, 0.15) is 38.2 Å². The van der Waals surface area contributed by atoms with Crippen molar-refractivity contribution in [2.24, 2.45) is 0 Å². The number of carbonyl (C=O) groups excluding carboxylic acids is 2. The van der Waals surface area contributed by atoms with Gasteiger partial charge >= 0.3 is 11.9 Å². The molecule has 0 aliphatic heterocycles. The zero-order valence-corrected chi connectivity index (χ0v) is 12.5. The Morgan fingerprint density at radius 1 is 0.957 bits per heavy atom. The largest absolute Gasteiger partial charge is 0.466 e. The minimum Gasteiger partial charge on any atom is -0.466 e. The Kier molecular flexibility index (Phi) is 7.50. The van der Waals surface area contributed by atoms with Crippen LogP contribution in [0.3, 0.4) is 0 Å². The first-order valence-corrected chi connectivity index (χ1v) is 6.99. The van der Waals surface area contributed by atoms with Gasteiger partial charge in [-0.05, 0) is 12.5 Å². The average molecular weight is 336 g/mol. The third kappa shape index (κ3) is 5.88. The number of hydrogen-bond donors (Lipinski definition) is 0. The third-order valence-corrected chi connectivity index (χ3v) is 2.86. The first kappa shape index (κ1) is 18.9. The number of hydrogen-bond acceptors (Lipinski definition) is 4. The van der Waals surface area contributed by atoms with Crippen molar-refractivity contribution in [3.05, 3.63) is 34.9 Å². The summed E-state index contributed by atoms with van der Waals surface area (Å²) in [4.78, 5) is 22.6. The molecule has 0 heterocycles. The van der Waals surface area contributed by atoms with Crippen molar-refractivity contribution in [1.82, 2.24) is 0 Å². The highest BCUT2D eigenvalue weighted by Gasteiger charge is 2.19. The van der Waals surface area contributed by atoms with E-state index in [1.807, 2.05) is 6.92 Å². The van der Waals surface area contributed by atoms with E-state index in [2.05, 4.69) is 4.74 Å². The van der Waals surface area contributed by atoms with E-state index >= 15 is 0 Å². The van der Waals surface area contributed by atoms with Crippen LogP contribution in [-0.2, 0) is 25.7 Å². The predicted molar refractivity (Wildman–Crippen MR) is 71.2 cm³/mol. The van der Waals surface area contributed by atoms with E-state index in [1.165, 1.54) is 0 Å². The Bertz CT molecular complexity index is 575. The summed E-state index contributed by atoms with van der Waals surface area (Å²) in [6.45, 7) is 1.40. The van der Waals surface area contributed by atoms with Crippen LogP contribution in [0.25, 0.3) is 0 Å². The van der Waals surface area contributed by atoms with E-state index < -0.39 is 47.4 Å². The molecule has 0 fully saturated rings. The van der Waals surface area contributed by atoms with Gasteiger partial charge in [-0.3, -0.25) is 9.59 Å². The number of halogens is 4. The lowest BCUT2D eigenvalue weighted by atomic mass is 10.2. The van der Waals surface area contributed by atoms with E-state index in [-0.39, 0.29) is 19.4 Å². The molecule has 0 unspecified atom stereocenters. The second-order valence-corrected chi connectivity index (χ2v) is 4.69. The van der Waals surface area contributed by atoms with Crippen molar-refractivity contribution in [1.29, 1.82) is 0 Å². The van der Waals surface area contributed by atoms with Gasteiger partial charge in [-0.1, -0.05) is 13.3 Å². The first-order valence-electron chi connectivity index (χ1n) is 6.99. The van der Waals surface area contributed by atoms with Gasteiger partial charge in [0.2, 0.25) is 0 Å². The van der Waals surface area contributed by atoms with Gasteiger partial charge < -0.3 is 9.47 Å². The highest BCUT2D eigenvalue weighted by molar-refractivity contribution is 5.77. The van der Waals surface area contributed by atoms with Crippen LogP contribution >= 0.6 is 0 Å². The van der Waals surface area contributed by atoms with E-state index in [1.54, 1.807) is 0 Å². The number of unbranched alkanes of at least 4 members (excludes halogenated alkanes) is 1. The lowest BCUT2D eigenvalue weighted by molar-refractivity contribution is -0.151. The molecule has 0 bridgehead atoms. The molecule has 23 heavy (non-hydrogen) atoms. The highest BCUT2D eigenvalue weighted by Crippen LogP contribution is 2.19. The topological polar surface area (TPSA) is 52.6 Å². The number of esters is 2. The molecule has 0 spiro atoms. The molecular formula is C15H16F4O4. The van der Waals surface area contributed by atoms with Crippen molar-refractivity contribution in [3.8, 4) is 0 Å². The summed E-state index contributed by atoms with van der Waals surface area (Å²) in [5, 5.41) is 0. The highest BCUT2D eigenvalue weighted by atomic mass is 19.2. The molecule has 1 aromatic rings. The van der Waals surface area contributed by atoms with Gasteiger partial charge in [-0.15, -0.1) is 0 Å². The first-order chi connectivity index (χ1) is 10.9. The maximum absolute atomic E-state index is 13.3. The summed E-state index contributed by atoms with van der Waals surface area (Å²) in [6, 6.07) is 0.403. The summed E-state index contributed by atoms with van der Waals surface area (Å²) in [5.41, 5.74) is -0.639. The Morgan fingerprint density at radius 3 is 2.17 bits per heavy atom. The molecule has 0 aliphatic rings. The molecule has 0 amide bonds. The smallest absolute Gasteiger partial charge is 0.306 e. The molecule has 0 saturated heterocycles. The molecule has 0 aliphatic carbocycles. The van der Waals surface area contributed by atoms with Gasteiger partial charge in [-0.25, -0.2) is 17.6 Å². The van der Waals surface area contributed by atoms with Gasteiger partial charge in [0.1, 0.15) is 6.61 Å². The lowest BCUT2D eigenvalue weighted by Gasteiger charge is -2.08. The molecule has 1 aromatic carbocycles. The third-order valence-electron chi connectivity index (χ3n) is 2.86. The van der Waals surface area contributed by atoms with Crippen LogP contribution in [0, 0.1) is 23.3 Å². The van der Waals surface area contributed by atoms with Gasteiger partial charge in [0.05, 0.1) is 19.4 Å². The quantitative estimate of drug-likeness (QED) is 0.240. The molecule has 128 valence electrons. The summed E-state index contributed by atoms with van der Waals surface area (Å²) in [5.74, 6) is -8.59. The molecule has 0 aromatic heterocycles. The lowest BCUT2D eigenvalue weighted by Crippen LogP contribution is -2.12. The van der Waals surface area contributed by atoms with E-state index in [0.29, 0.717) is 12.5 Å². The van der Waals surface area contributed by atoms with Crippen LogP contribution in [-0.4, -0.2) is 18.5 Å². The maximum atomic E-state index is 13.3. The molecular weight excluding hydrogens is 320 g/mol. The van der Waals surface area contributed by atoms with Gasteiger partial charge in [0.25, 0.3) is 0 Å². The van der Waals surface area contributed by atoms with Crippen molar-refractivity contribution in [2.75, 3.05) is 6.61 Å². The van der Waals surface area contributed by atoms with Crippen molar-refractivity contribution >= 4 is 11.9 Å². The molecule has 8 heteroatoms. The Hall–Kier alpha value is -2.12. The van der Waals surface area contributed by atoms with Crippen molar-refractivity contribution in [3.63, 3.8) is 0 Å². The number of benzene rings is 1. The summed E-state index contributed by atoms with van der Waals surface area (Å²) in [7, 11) is 0. The Morgan fingerprint density at radius 2 is 1.57 bits per heavy atom. The minimum absolute atomic E-state index is 0.225. The second-order valence-electron chi connectivity index (χ2n) is 4.69.